The Labute approximate surface area is 245 Å². The van der Waals surface area contributed by atoms with E-state index in [4.69, 9.17) is 32.0 Å². The zero-order chi connectivity index (χ0) is 27.5. The third-order valence-corrected chi connectivity index (χ3v) is 7.99. The van der Waals surface area contributed by atoms with Crippen LogP contribution < -0.4 is 4.90 Å². The maximum Gasteiger partial charge on any atom is 0.143 e. The van der Waals surface area contributed by atoms with Gasteiger partial charge in [0.2, 0.25) is 0 Å². The lowest BCUT2D eigenvalue weighted by Crippen LogP contribution is -2.09. The molecule has 0 amide bonds. The maximum atomic E-state index is 6.56. The molecule has 8 rings (SSSR count). The van der Waals surface area contributed by atoms with Crippen molar-refractivity contribution in [2.45, 2.75) is 0 Å². The first-order chi connectivity index (χ1) is 20.1. The molecule has 2 aromatic heterocycles. The minimum absolute atomic E-state index is 0.586. The van der Waals surface area contributed by atoms with Gasteiger partial charge in [-0.15, -0.1) is 0 Å². The van der Waals surface area contributed by atoms with Crippen molar-refractivity contribution in [1.29, 1.82) is 0 Å². The lowest BCUT2D eigenvalue weighted by Gasteiger charge is -2.25. The molecular weight excluding hydrogens is 549 g/mol. The van der Waals surface area contributed by atoms with Gasteiger partial charge in [0.05, 0.1) is 0 Å². The molecule has 196 valence electrons. The predicted molar refractivity (Wildman–Crippen MR) is 171 cm³/mol. The highest BCUT2D eigenvalue weighted by molar-refractivity contribution is 6.35. The highest BCUT2D eigenvalue weighted by Crippen LogP contribution is 2.42. The lowest BCUT2D eigenvalue weighted by molar-refractivity contribution is 0.669. The van der Waals surface area contributed by atoms with Gasteiger partial charge in [-0.05, 0) is 66.2 Å². The average molecular weight is 570 g/mol. The second kappa shape index (κ2) is 9.45. The van der Waals surface area contributed by atoms with E-state index in [9.17, 15) is 0 Å². The van der Waals surface area contributed by atoms with E-state index in [1.807, 2.05) is 60.7 Å². The smallest absolute Gasteiger partial charge is 0.143 e. The van der Waals surface area contributed by atoms with Gasteiger partial charge in [-0.25, -0.2) is 0 Å². The van der Waals surface area contributed by atoms with E-state index in [0.29, 0.717) is 10.0 Å². The summed E-state index contributed by atoms with van der Waals surface area (Å²) in [5, 5.41) is 5.46. The molecule has 0 atom stereocenters. The Kier molecular flexibility index (Phi) is 5.56. The van der Waals surface area contributed by atoms with Crippen molar-refractivity contribution in [2.24, 2.45) is 0 Å². The highest BCUT2D eigenvalue weighted by Gasteiger charge is 2.18. The monoisotopic (exact) mass is 569 g/mol. The van der Waals surface area contributed by atoms with E-state index in [-0.39, 0.29) is 0 Å². The van der Waals surface area contributed by atoms with E-state index >= 15 is 0 Å². The molecule has 6 aromatic carbocycles. The number of furan rings is 2. The molecule has 0 fully saturated rings. The minimum Gasteiger partial charge on any atom is -0.456 e. The van der Waals surface area contributed by atoms with Crippen molar-refractivity contribution in [1.82, 2.24) is 0 Å². The molecule has 0 unspecified atom stereocenters. The number of hydrogen-bond donors (Lipinski definition) is 0. The van der Waals surface area contributed by atoms with Crippen LogP contribution in [0.25, 0.3) is 55.0 Å². The van der Waals surface area contributed by atoms with Gasteiger partial charge in [-0.2, -0.15) is 0 Å². The summed E-state index contributed by atoms with van der Waals surface area (Å²) in [4.78, 5) is 2.22. The molecule has 0 spiro atoms. The Morgan fingerprint density at radius 1 is 0.439 bits per heavy atom. The van der Waals surface area contributed by atoms with Crippen molar-refractivity contribution in [2.75, 3.05) is 4.90 Å². The molecule has 2 heterocycles. The van der Waals surface area contributed by atoms with E-state index < -0.39 is 0 Å². The molecule has 8 aromatic rings. The highest BCUT2D eigenvalue weighted by atomic mass is 35.5. The van der Waals surface area contributed by atoms with Crippen LogP contribution in [0.2, 0.25) is 10.0 Å². The third kappa shape index (κ3) is 4.05. The minimum atomic E-state index is 0.586. The molecular formula is C36H21Cl2NO2. The van der Waals surface area contributed by atoms with E-state index in [1.165, 1.54) is 0 Å². The van der Waals surface area contributed by atoms with Crippen molar-refractivity contribution in [3.05, 3.63) is 137 Å². The van der Waals surface area contributed by atoms with E-state index in [0.717, 1.165) is 72.1 Å². The fourth-order valence-corrected chi connectivity index (χ4v) is 6.27. The second-order valence-electron chi connectivity index (χ2n) is 10.1. The number of benzene rings is 6. The van der Waals surface area contributed by atoms with Gasteiger partial charge in [-0.1, -0.05) is 77.8 Å². The van der Waals surface area contributed by atoms with Crippen LogP contribution in [-0.2, 0) is 0 Å². The van der Waals surface area contributed by atoms with Crippen LogP contribution in [0.3, 0.4) is 0 Å². The van der Waals surface area contributed by atoms with E-state index in [2.05, 4.69) is 65.6 Å². The largest absolute Gasteiger partial charge is 0.456 e. The normalized spacial score (nSPS) is 11.7. The van der Waals surface area contributed by atoms with Crippen LogP contribution in [0.15, 0.2) is 136 Å². The zero-order valence-electron chi connectivity index (χ0n) is 21.6. The fourth-order valence-electron chi connectivity index (χ4n) is 5.74. The molecule has 0 saturated carbocycles. The predicted octanol–water partition coefficient (Wildman–Crippen LogP) is 11.9. The summed E-state index contributed by atoms with van der Waals surface area (Å²) in [7, 11) is 0. The van der Waals surface area contributed by atoms with Gasteiger partial charge in [-0.3, -0.25) is 0 Å². The van der Waals surface area contributed by atoms with Gasteiger partial charge in [0.1, 0.15) is 22.3 Å². The summed E-state index contributed by atoms with van der Waals surface area (Å²) >= 11 is 12.7. The number of anilines is 3. The van der Waals surface area contributed by atoms with Gasteiger partial charge in [0.25, 0.3) is 0 Å². The summed E-state index contributed by atoms with van der Waals surface area (Å²) in [6, 6.07) is 42.9. The number of fused-ring (bicyclic) bond motifs is 6. The topological polar surface area (TPSA) is 29.5 Å². The molecule has 0 aliphatic carbocycles. The van der Waals surface area contributed by atoms with Crippen LogP contribution in [-0.4, -0.2) is 0 Å². The molecule has 5 heteroatoms. The van der Waals surface area contributed by atoms with Gasteiger partial charge in [0.15, 0.2) is 0 Å². The first-order valence-corrected chi connectivity index (χ1v) is 14.1. The molecule has 0 bridgehead atoms. The van der Waals surface area contributed by atoms with Crippen molar-refractivity contribution in [3.63, 3.8) is 0 Å². The van der Waals surface area contributed by atoms with Crippen molar-refractivity contribution < 1.29 is 8.83 Å². The van der Waals surface area contributed by atoms with Crippen molar-refractivity contribution in [3.8, 4) is 11.1 Å². The maximum absolute atomic E-state index is 6.56. The molecule has 0 aliphatic heterocycles. The quantitative estimate of drug-likeness (QED) is 0.211. The van der Waals surface area contributed by atoms with Crippen LogP contribution in [0.5, 0.6) is 0 Å². The number of para-hydroxylation sites is 3. The lowest BCUT2D eigenvalue weighted by atomic mass is 10.0. The summed E-state index contributed by atoms with van der Waals surface area (Å²) in [6.45, 7) is 0. The molecule has 3 nitrogen and oxygen atoms in total. The zero-order valence-corrected chi connectivity index (χ0v) is 23.2. The first kappa shape index (κ1) is 24.1. The van der Waals surface area contributed by atoms with Gasteiger partial charge in [0, 0.05) is 66.3 Å². The number of halogens is 2. The Morgan fingerprint density at radius 2 is 1.05 bits per heavy atom. The first-order valence-electron chi connectivity index (χ1n) is 13.3. The molecule has 0 radical (unpaired) electrons. The SMILES string of the molecule is Clc1cc(Cl)cc(-c2cccc3c2oc2cc(N(c4ccccc4)c4ccc5c(c4)oc4ccccc45)ccc23)c1. The van der Waals surface area contributed by atoms with Crippen LogP contribution in [0, 0.1) is 0 Å². The Balaban J connectivity index is 1.31. The Hall–Kier alpha value is -4.70. The second-order valence-corrected chi connectivity index (χ2v) is 10.9. The average Bonchev–Trinajstić information content (AvgIpc) is 3.55. The van der Waals surface area contributed by atoms with Crippen molar-refractivity contribution >= 4 is 84.1 Å². The summed E-state index contributed by atoms with van der Waals surface area (Å²) in [6.07, 6.45) is 0. The van der Waals surface area contributed by atoms with Crippen LogP contribution in [0.4, 0.5) is 17.1 Å². The van der Waals surface area contributed by atoms with Gasteiger partial charge < -0.3 is 13.7 Å². The molecule has 0 N–H and O–H groups in total. The molecule has 0 saturated heterocycles. The Bertz CT molecular complexity index is 2230. The summed E-state index contributed by atoms with van der Waals surface area (Å²) in [5.74, 6) is 0. The number of nitrogens with zero attached hydrogens (tertiary/aromatic N) is 1. The summed E-state index contributed by atoms with van der Waals surface area (Å²) in [5.41, 5.74) is 8.19. The number of rotatable bonds is 4. The Morgan fingerprint density at radius 3 is 1.80 bits per heavy atom. The van der Waals surface area contributed by atoms with Crippen LogP contribution in [0.1, 0.15) is 0 Å². The summed E-state index contributed by atoms with van der Waals surface area (Å²) < 4.78 is 12.8. The number of hydrogen-bond acceptors (Lipinski definition) is 3. The van der Waals surface area contributed by atoms with Crippen LogP contribution >= 0.6 is 23.2 Å². The van der Waals surface area contributed by atoms with Gasteiger partial charge >= 0.3 is 0 Å². The third-order valence-electron chi connectivity index (χ3n) is 7.55. The molecule has 41 heavy (non-hydrogen) atoms. The fraction of sp³-hybridized carbons (Fsp3) is 0. The standard InChI is InChI=1S/C36H21Cl2NO2/c37-23-17-22(18-24(38)19-23)28-10-6-11-32-31-16-14-27(21-35(31)41-36(28)32)39(25-7-2-1-3-8-25)26-13-15-30-29-9-4-5-12-33(29)40-34(30)20-26/h1-21H. The molecule has 0 aliphatic rings. The van der Waals surface area contributed by atoms with E-state index in [1.54, 1.807) is 6.07 Å².